The van der Waals surface area contributed by atoms with Crippen molar-refractivity contribution in [2.45, 2.75) is 25.9 Å². The van der Waals surface area contributed by atoms with Gasteiger partial charge in [0.1, 0.15) is 5.82 Å². The summed E-state index contributed by atoms with van der Waals surface area (Å²) in [5.41, 5.74) is 0.325. The van der Waals surface area contributed by atoms with Gasteiger partial charge in [-0.15, -0.1) is 10.2 Å². The monoisotopic (exact) mass is 250 g/mol. The van der Waals surface area contributed by atoms with Gasteiger partial charge in [-0.05, 0) is 31.9 Å². The molecule has 0 spiro atoms. The lowest BCUT2D eigenvalue weighted by Gasteiger charge is -2.29. The average molecular weight is 250 g/mol. The van der Waals surface area contributed by atoms with Gasteiger partial charge in [0, 0.05) is 19.6 Å². The van der Waals surface area contributed by atoms with E-state index in [9.17, 15) is 9.90 Å². The molecular weight excluding hydrogens is 232 g/mol. The number of aliphatic hydroxyl groups excluding tert-OH is 1. The standard InChI is InChI=1S/C12H18N4O2/c1-2-13-11-6-5-10(14-15-11)12(18)16-7-3-4-9(17)8-16/h5-6,9,17H,2-4,7-8H2,1H3,(H,13,15). The molecular formula is C12H18N4O2. The van der Waals surface area contributed by atoms with Gasteiger partial charge in [0.15, 0.2) is 5.69 Å². The van der Waals surface area contributed by atoms with E-state index in [1.807, 2.05) is 6.92 Å². The number of aromatic nitrogens is 2. The van der Waals surface area contributed by atoms with E-state index in [2.05, 4.69) is 15.5 Å². The van der Waals surface area contributed by atoms with Crippen LogP contribution in [-0.2, 0) is 0 Å². The number of carbonyl (C=O) groups excluding carboxylic acids is 1. The zero-order valence-corrected chi connectivity index (χ0v) is 10.5. The Kier molecular flexibility index (Phi) is 4.09. The molecule has 1 amide bonds. The van der Waals surface area contributed by atoms with Crippen LogP contribution in [-0.4, -0.2) is 51.8 Å². The molecule has 2 heterocycles. The summed E-state index contributed by atoms with van der Waals surface area (Å²) < 4.78 is 0. The molecule has 1 saturated heterocycles. The van der Waals surface area contributed by atoms with Crippen LogP contribution in [0.5, 0.6) is 0 Å². The van der Waals surface area contributed by atoms with Gasteiger partial charge in [-0.1, -0.05) is 0 Å². The number of anilines is 1. The molecule has 98 valence electrons. The Labute approximate surface area is 106 Å². The Bertz CT molecular complexity index is 407. The first-order valence-electron chi connectivity index (χ1n) is 6.25. The zero-order chi connectivity index (χ0) is 13.0. The van der Waals surface area contributed by atoms with Crippen molar-refractivity contribution in [2.75, 3.05) is 25.0 Å². The van der Waals surface area contributed by atoms with Crippen molar-refractivity contribution in [2.24, 2.45) is 0 Å². The highest BCUT2D eigenvalue weighted by atomic mass is 16.3. The third kappa shape index (κ3) is 2.95. The van der Waals surface area contributed by atoms with Gasteiger partial charge in [-0.3, -0.25) is 4.79 Å². The minimum absolute atomic E-state index is 0.163. The summed E-state index contributed by atoms with van der Waals surface area (Å²) in [5, 5.41) is 20.4. The number of carbonyl (C=O) groups is 1. The molecule has 1 atom stereocenters. The zero-order valence-electron chi connectivity index (χ0n) is 10.5. The average Bonchev–Trinajstić information content (AvgIpc) is 2.39. The smallest absolute Gasteiger partial charge is 0.274 e. The van der Waals surface area contributed by atoms with E-state index in [-0.39, 0.29) is 5.91 Å². The van der Waals surface area contributed by atoms with Crippen LogP contribution in [0.1, 0.15) is 30.3 Å². The highest BCUT2D eigenvalue weighted by Crippen LogP contribution is 2.13. The number of rotatable bonds is 3. The van der Waals surface area contributed by atoms with Crippen LogP contribution >= 0.6 is 0 Å². The molecule has 6 nitrogen and oxygen atoms in total. The third-order valence-corrected chi connectivity index (χ3v) is 2.93. The first-order valence-corrected chi connectivity index (χ1v) is 6.25. The van der Waals surface area contributed by atoms with E-state index < -0.39 is 6.10 Å². The minimum atomic E-state index is -0.420. The number of nitrogens with one attached hydrogen (secondary N) is 1. The molecule has 0 saturated carbocycles. The molecule has 1 fully saturated rings. The van der Waals surface area contributed by atoms with Crippen molar-refractivity contribution >= 4 is 11.7 Å². The first-order chi connectivity index (χ1) is 8.70. The molecule has 1 aromatic heterocycles. The van der Waals surface area contributed by atoms with Crippen molar-refractivity contribution in [1.82, 2.24) is 15.1 Å². The van der Waals surface area contributed by atoms with Gasteiger partial charge in [-0.2, -0.15) is 0 Å². The second-order valence-corrected chi connectivity index (χ2v) is 4.38. The van der Waals surface area contributed by atoms with Gasteiger partial charge in [0.2, 0.25) is 0 Å². The number of hydrogen-bond acceptors (Lipinski definition) is 5. The summed E-state index contributed by atoms with van der Waals surface area (Å²) >= 11 is 0. The van der Waals surface area contributed by atoms with Crippen LogP contribution in [0, 0.1) is 0 Å². The van der Waals surface area contributed by atoms with Crippen LogP contribution in [0.25, 0.3) is 0 Å². The number of nitrogens with zero attached hydrogens (tertiary/aromatic N) is 3. The Hall–Kier alpha value is -1.69. The molecule has 1 unspecified atom stereocenters. The quantitative estimate of drug-likeness (QED) is 0.817. The number of piperidine rings is 1. The third-order valence-electron chi connectivity index (χ3n) is 2.93. The Morgan fingerprint density at radius 1 is 1.56 bits per heavy atom. The van der Waals surface area contributed by atoms with E-state index in [0.717, 1.165) is 19.4 Å². The van der Waals surface area contributed by atoms with E-state index in [0.29, 0.717) is 24.6 Å². The fraction of sp³-hybridized carbons (Fsp3) is 0.583. The molecule has 2 rings (SSSR count). The van der Waals surface area contributed by atoms with Gasteiger partial charge in [-0.25, -0.2) is 0 Å². The lowest BCUT2D eigenvalue weighted by Crippen LogP contribution is -2.42. The fourth-order valence-electron chi connectivity index (χ4n) is 2.02. The van der Waals surface area contributed by atoms with E-state index in [1.165, 1.54) is 0 Å². The fourth-order valence-corrected chi connectivity index (χ4v) is 2.02. The Morgan fingerprint density at radius 3 is 3.00 bits per heavy atom. The summed E-state index contributed by atoms with van der Waals surface area (Å²) in [4.78, 5) is 13.7. The summed E-state index contributed by atoms with van der Waals surface area (Å²) in [6, 6.07) is 3.40. The van der Waals surface area contributed by atoms with Gasteiger partial charge in [0.25, 0.3) is 5.91 Å². The van der Waals surface area contributed by atoms with Crippen molar-refractivity contribution < 1.29 is 9.90 Å². The normalized spacial score (nSPS) is 19.7. The van der Waals surface area contributed by atoms with Crippen molar-refractivity contribution in [3.05, 3.63) is 17.8 Å². The van der Waals surface area contributed by atoms with Gasteiger partial charge < -0.3 is 15.3 Å². The lowest BCUT2D eigenvalue weighted by molar-refractivity contribution is 0.0468. The molecule has 0 radical (unpaired) electrons. The largest absolute Gasteiger partial charge is 0.391 e. The predicted octanol–water partition coefficient (Wildman–Crippen LogP) is 0.505. The number of β-amino-alcohol motifs (C(OH)–C–C–N with tert-alkyl or cyclic N) is 1. The molecule has 1 aromatic rings. The molecule has 6 heteroatoms. The van der Waals surface area contributed by atoms with Crippen LogP contribution in [0.3, 0.4) is 0 Å². The molecule has 1 aliphatic heterocycles. The maximum atomic E-state index is 12.1. The van der Waals surface area contributed by atoms with Crippen LogP contribution in [0.15, 0.2) is 12.1 Å². The number of amides is 1. The highest BCUT2D eigenvalue weighted by Gasteiger charge is 2.23. The lowest BCUT2D eigenvalue weighted by atomic mass is 10.1. The van der Waals surface area contributed by atoms with Crippen LogP contribution in [0.4, 0.5) is 5.82 Å². The van der Waals surface area contributed by atoms with E-state index >= 15 is 0 Å². The molecule has 0 bridgehead atoms. The number of aliphatic hydroxyl groups is 1. The summed E-state index contributed by atoms with van der Waals surface area (Å²) in [7, 11) is 0. The second kappa shape index (κ2) is 5.77. The van der Waals surface area contributed by atoms with Crippen molar-refractivity contribution in [1.29, 1.82) is 0 Å². The Morgan fingerprint density at radius 2 is 2.39 bits per heavy atom. The topological polar surface area (TPSA) is 78.4 Å². The molecule has 0 aromatic carbocycles. The molecule has 0 aliphatic carbocycles. The van der Waals surface area contributed by atoms with E-state index in [4.69, 9.17) is 0 Å². The Balaban J connectivity index is 2.03. The molecule has 18 heavy (non-hydrogen) atoms. The van der Waals surface area contributed by atoms with Gasteiger partial charge in [0.05, 0.1) is 6.10 Å². The van der Waals surface area contributed by atoms with E-state index in [1.54, 1.807) is 17.0 Å². The van der Waals surface area contributed by atoms with Crippen molar-refractivity contribution in [3.8, 4) is 0 Å². The maximum absolute atomic E-state index is 12.1. The summed E-state index contributed by atoms with van der Waals surface area (Å²) in [6.45, 7) is 3.79. The van der Waals surface area contributed by atoms with Gasteiger partial charge >= 0.3 is 0 Å². The highest BCUT2D eigenvalue weighted by molar-refractivity contribution is 5.92. The first kappa shape index (κ1) is 12.8. The summed E-state index contributed by atoms with van der Waals surface area (Å²) in [5.74, 6) is 0.497. The molecule has 1 aliphatic rings. The molecule has 2 N–H and O–H groups in total. The second-order valence-electron chi connectivity index (χ2n) is 4.38. The minimum Gasteiger partial charge on any atom is -0.391 e. The van der Waals surface area contributed by atoms with Crippen LogP contribution < -0.4 is 5.32 Å². The maximum Gasteiger partial charge on any atom is 0.274 e. The summed E-state index contributed by atoms with van der Waals surface area (Å²) in [6.07, 6.45) is 1.17. The van der Waals surface area contributed by atoms with Crippen molar-refractivity contribution in [3.63, 3.8) is 0 Å². The predicted molar refractivity (Wildman–Crippen MR) is 67.3 cm³/mol. The SMILES string of the molecule is CCNc1ccc(C(=O)N2CCCC(O)C2)nn1. The number of hydrogen-bond donors (Lipinski definition) is 2. The van der Waals surface area contributed by atoms with Crippen LogP contribution in [0.2, 0.25) is 0 Å². The number of likely N-dealkylation sites (tertiary alicyclic amines) is 1.